The number of fused-ring (bicyclic) bond motifs is 4. The van der Waals surface area contributed by atoms with Crippen LogP contribution in [0.15, 0.2) is 23.3 Å². The maximum absolute atomic E-state index is 2.56. The van der Waals surface area contributed by atoms with Crippen molar-refractivity contribution < 1.29 is 0 Å². The first kappa shape index (κ1) is 10.0. The van der Waals surface area contributed by atoms with Crippen LogP contribution in [0.5, 0.6) is 0 Å². The van der Waals surface area contributed by atoms with Crippen LogP contribution in [-0.4, -0.2) is 0 Å². The molecule has 3 rings (SSSR count). The van der Waals surface area contributed by atoms with Crippen LogP contribution < -0.4 is 0 Å². The van der Waals surface area contributed by atoms with Gasteiger partial charge in [-0.05, 0) is 57.3 Å². The maximum Gasteiger partial charge on any atom is -0.0171 e. The van der Waals surface area contributed by atoms with E-state index < -0.39 is 0 Å². The molecule has 0 heteroatoms. The second-order valence-corrected chi connectivity index (χ2v) is 4.94. The molecule has 0 aromatic heterocycles. The van der Waals surface area contributed by atoms with E-state index in [0.717, 1.165) is 11.8 Å². The fraction of sp³-hybridized carbons (Fsp3) is 0.714. The van der Waals surface area contributed by atoms with Crippen LogP contribution in [0, 0.1) is 11.8 Å². The second-order valence-electron chi connectivity index (χ2n) is 4.94. The minimum Gasteiger partial charge on any atom is -0.0847 e. The Morgan fingerprint density at radius 2 is 2.14 bits per heavy atom. The highest BCUT2D eigenvalue weighted by molar-refractivity contribution is 5.15. The number of rotatable bonds is 1. The number of hydrogen-bond donors (Lipinski definition) is 0. The molecule has 2 unspecified atom stereocenters. The quantitative estimate of drug-likeness (QED) is 0.535. The summed E-state index contributed by atoms with van der Waals surface area (Å²) in [5.74, 6) is 1.75. The van der Waals surface area contributed by atoms with Crippen molar-refractivity contribution in [1.29, 1.82) is 0 Å². The van der Waals surface area contributed by atoms with Gasteiger partial charge in [0.2, 0.25) is 0 Å². The van der Waals surface area contributed by atoms with Crippen molar-refractivity contribution >= 4 is 0 Å². The van der Waals surface area contributed by atoms with Crippen LogP contribution in [0.3, 0.4) is 0 Å². The number of hydrogen-bond acceptors (Lipinski definition) is 0. The van der Waals surface area contributed by atoms with Crippen LogP contribution in [0.4, 0.5) is 0 Å². The zero-order chi connectivity index (χ0) is 9.97. The molecule has 0 amide bonds. The number of allylic oxidation sites excluding steroid dienone is 4. The first-order chi connectivity index (χ1) is 6.79. The van der Waals surface area contributed by atoms with E-state index in [-0.39, 0.29) is 0 Å². The van der Waals surface area contributed by atoms with Crippen molar-refractivity contribution in [2.75, 3.05) is 0 Å². The van der Waals surface area contributed by atoms with Gasteiger partial charge in [0.25, 0.3) is 0 Å². The van der Waals surface area contributed by atoms with Crippen molar-refractivity contribution in [3.8, 4) is 0 Å². The topological polar surface area (TPSA) is 0 Å². The molecule has 2 atom stereocenters. The summed E-state index contributed by atoms with van der Waals surface area (Å²) in [7, 11) is 0. The van der Waals surface area contributed by atoms with Gasteiger partial charge in [-0.25, -0.2) is 0 Å². The molecule has 0 heterocycles. The molecule has 0 N–H and O–H groups in total. The Kier molecular flexibility index (Phi) is 3.10. The van der Waals surface area contributed by atoms with E-state index in [9.17, 15) is 0 Å². The zero-order valence-corrected chi connectivity index (χ0v) is 9.55. The fourth-order valence-electron chi connectivity index (χ4n) is 2.87. The lowest BCUT2D eigenvalue weighted by molar-refractivity contribution is 0.427. The lowest BCUT2D eigenvalue weighted by Gasteiger charge is -2.25. The molecule has 0 spiro atoms. The van der Waals surface area contributed by atoms with Crippen molar-refractivity contribution in [2.24, 2.45) is 11.8 Å². The van der Waals surface area contributed by atoms with Gasteiger partial charge >= 0.3 is 0 Å². The Morgan fingerprint density at radius 1 is 1.29 bits per heavy atom. The van der Waals surface area contributed by atoms with Crippen LogP contribution >= 0.6 is 0 Å². The van der Waals surface area contributed by atoms with E-state index in [2.05, 4.69) is 26.0 Å². The smallest absolute Gasteiger partial charge is 0.0171 e. The monoisotopic (exact) mass is 190 g/mol. The molecular weight excluding hydrogens is 168 g/mol. The van der Waals surface area contributed by atoms with Crippen molar-refractivity contribution in [2.45, 2.75) is 52.4 Å². The van der Waals surface area contributed by atoms with Crippen molar-refractivity contribution in [3.63, 3.8) is 0 Å². The summed E-state index contributed by atoms with van der Waals surface area (Å²) in [6.07, 6.45) is 13.3. The van der Waals surface area contributed by atoms with Gasteiger partial charge in [-0.15, -0.1) is 0 Å². The van der Waals surface area contributed by atoms with Gasteiger partial charge in [0.05, 0.1) is 0 Å². The molecule has 14 heavy (non-hydrogen) atoms. The lowest BCUT2D eigenvalue weighted by atomic mass is 9.81. The molecule has 0 nitrogen and oxygen atoms in total. The Morgan fingerprint density at radius 3 is 2.86 bits per heavy atom. The molecule has 3 aliphatic carbocycles. The average molecular weight is 190 g/mol. The first-order valence-corrected chi connectivity index (χ1v) is 6.15. The molecule has 2 bridgehead atoms. The average Bonchev–Trinajstić information content (AvgIpc) is 2.33. The highest BCUT2D eigenvalue weighted by atomic mass is 14.3. The Bertz CT molecular complexity index is 257. The van der Waals surface area contributed by atoms with E-state index >= 15 is 0 Å². The Balaban J connectivity index is 2.16. The van der Waals surface area contributed by atoms with Gasteiger partial charge in [0.15, 0.2) is 0 Å². The van der Waals surface area contributed by atoms with Crippen LogP contribution in [0.1, 0.15) is 52.4 Å². The molecule has 78 valence electrons. The standard InChI is InChI=1S/C14H22/c1-3-12-4-5-13-7-9-14(8-6-12)11(2)10-13/h6,10,13-14H,3-5,7-9H2,1-2H3. The van der Waals surface area contributed by atoms with E-state index in [1.165, 1.54) is 38.5 Å². The predicted molar refractivity (Wildman–Crippen MR) is 62.2 cm³/mol. The summed E-state index contributed by atoms with van der Waals surface area (Å²) in [5, 5.41) is 0. The maximum atomic E-state index is 2.56. The summed E-state index contributed by atoms with van der Waals surface area (Å²) in [6, 6.07) is 0. The highest BCUT2D eigenvalue weighted by Crippen LogP contribution is 2.35. The summed E-state index contributed by atoms with van der Waals surface area (Å²) in [5.41, 5.74) is 3.36. The molecule has 0 saturated heterocycles. The van der Waals surface area contributed by atoms with Crippen LogP contribution in [0.2, 0.25) is 0 Å². The Labute approximate surface area is 88.1 Å². The van der Waals surface area contributed by atoms with Crippen LogP contribution in [-0.2, 0) is 0 Å². The minimum atomic E-state index is 0.867. The SMILES string of the molecule is CCC1=CCC2CCC(C=C2C)CC1. The Hall–Kier alpha value is -0.520. The van der Waals surface area contributed by atoms with Gasteiger partial charge < -0.3 is 0 Å². The van der Waals surface area contributed by atoms with E-state index in [1.54, 1.807) is 11.1 Å². The molecule has 0 saturated carbocycles. The summed E-state index contributed by atoms with van der Waals surface area (Å²) >= 11 is 0. The highest BCUT2D eigenvalue weighted by Gasteiger charge is 2.21. The van der Waals surface area contributed by atoms with Crippen molar-refractivity contribution in [3.05, 3.63) is 23.3 Å². The fourth-order valence-corrected chi connectivity index (χ4v) is 2.87. The van der Waals surface area contributed by atoms with E-state index in [1.807, 2.05) is 0 Å². The second kappa shape index (κ2) is 4.33. The van der Waals surface area contributed by atoms with Crippen LogP contribution in [0.25, 0.3) is 0 Å². The van der Waals surface area contributed by atoms with Gasteiger partial charge in [-0.2, -0.15) is 0 Å². The minimum absolute atomic E-state index is 0.867. The molecule has 0 aromatic carbocycles. The third-order valence-corrected chi connectivity index (χ3v) is 4.01. The molecular formula is C14H22. The summed E-state index contributed by atoms with van der Waals surface area (Å²) < 4.78 is 0. The molecule has 0 aliphatic heterocycles. The largest absolute Gasteiger partial charge is 0.0847 e. The van der Waals surface area contributed by atoms with Crippen molar-refractivity contribution in [1.82, 2.24) is 0 Å². The third kappa shape index (κ3) is 2.10. The zero-order valence-electron chi connectivity index (χ0n) is 9.55. The molecule has 0 fully saturated rings. The molecule has 3 aliphatic rings. The van der Waals surface area contributed by atoms with Gasteiger partial charge in [0.1, 0.15) is 0 Å². The summed E-state index contributed by atoms with van der Waals surface area (Å²) in [6.45, 7) is 4.63. The third-order valence-electron chi connectivity index (χ3n) is 4.01. The first-order valence-electron chi connectivity index (χ1n) is 6.15. The van der Waals surface area contributed by atoms with Gasteiger partial charge in [-0.3, -0.25) is 0 Å². The van der Waals surface area contributed by atoms with Gasteiger partial charge in [0, 0.05) is 0 Å². The normalized spacial score (nSPS) is 32.7. The predicted octanol–water partition coefficient (Wildman–Crippen LogP) is 4.48. The lowest BCUT2D eigenvalue weighted by Crippen LogP contribution is -2.11. The van der Waals surface area contributed by atoms with E-state index in [0.29, 0.717) is 0 Å². The van der Waals surface area contributed by atoms with E-state index in [4.69, 9.17) is 0 Å². The summed E-state index contributed by atoms with van der Waals surface area (Å²) in [4.78, 5) is 0. The van der Waals surface area contributed by atoms with Gasteiger partial charge in [-0.1, -0.05) is 30.2 Å². The molecule has 0 aromatic rings. The molecule has 0 radical (unpaired) electrons.